The second-order valence-corrected chi connectivity index (χ2v) is 5.83. The Morgan fingerprint density at radius 1 is 1.48 bits per heavy atom. The first-order valence-electron chi connectivity index (χ1n) is 7.27. The normalized spacial score (nSPS) is 10.9. The van der Waals surface area contributed by atoms with Crippen molar-refractivity contribution in [2.24, 2.45) is 0 Å². The lowest BCUT2D eigenvalue weighted by molar-refractivity contribution is 0.102. The van der Waals surface area contributed by atoms with Gasteiger partial charge in [-0.3, -0.25) is 9.48 Å². The summed E-state index contributed by atoms with van der Waals surface area (Å²) < 4.78 is 3.29. The van der Waals surface area contributed by atoms with Gasteiger partial charge in [-0.15, -0.1) is 11.3 Å². The molecule has 3 rings (SSSR count). The second kappa shape index (κ2) is 6.76. The number of aliphatic hydroxyl groups is 1. The molecule has 0 aromatic carbocycles. The molecule has 0 aliphatic heterocycles. The number of thiophene rings is 1. The van der Waals surface area contributed by atoms with Crippen LogP contribution in [0, 0.1) is 0 Å². The van der Waals surface area contributed by atoms with E-state index in [4.69, 9.17) is 0 Å². The highest BCUT2D eigenvalue weighted by molar-refractivity contribution is 7.13. The van der Waals surface area contributed by atoms with Gasteiger partial charge in [0.25, 0.3) is 5.91 Å². The van der Waals surface area contributed by atoms with Crippen LogP contribution in [0.1, 0.15) is 17.3 Å². The van der Waals surface area contributed by atoms with Crippen molar-refractivity contribution in [3.05, 3.63) is 41.5 Å². The maximum atomic E-state index is 12.3. The van der Waals surface area contributed by atoms with E-state index >= 15 is 0 Å². The van der Waals surface area contributed by atoms with Crippen LogP contribution in [0.15, 0.2) is 36.0 Å². The number of nitrogens with one attached hydrogen (secondary N) is 1. The summed E-state index contributed by atoms with van der Waals surface area (Å²) in [6.45, 7) is 2.92. The monoisotopic (exact) mass is 331 g/mol. The Kier molecular flexibility index (Phi) is 4.54. The van der Waals surface area contributed by atoms with Gasteiger partial charge >= 0.3 is 0 Å². The predicted molar refractivity (Wildman–Crippen MR) is 88.5 cm³/mol. The lowest BCUT2D eigenvalue weighted by Gasteiger charge is -2.06. The molecule has 0 spiro atoms. The summed E-state index contributed by atoms with van der Waals surface area (Å²) in [5.41, 5.74) is 1.26. The van der Waals surface area contributed by atoms with Crippen LogP contribution in [-0.2, 0) is 13.1 Å². The van der Waals surface area contributed by atoms with Crippen LogP contribution >= 0.6 is 11.3 Å². The van der Waals surface area contributed by atoms with Gasteiger partial charge in [0.05, 0.1) is 29.8 Å². The lowest BCUT2D eigenvalue weighted by Crippen LogP contribution is -2.16. The van der Waals surface area contributed by atoms with E-state index in [1.54, 1.807) is 26.9 Å². The summed E-state index contributed by atoms with van der Waals surface area (Å²) in [5.74, 6) is 0.304. The maximum absolute atomic E-state index is 12.3. The molecule has 8 heteroatoms. The van der Waals surface area contributed by atoms with Crippen molar-refractivity contribution in [1.29, 1.82) is 0 Å². The van der Waals surface area contributed by atoms with Crippen LogP contribution < -0.4 is 5.32 Å². The van der Waals surface area contributed by atoms with Gasteiger partial charge in [-0.25, -0.2) is 4.68 Å². The van der Waals surface area contributed by atoms with Crippen LogP contribution in [0.4, 0.5) is 5.82 Å². The van der Waals surface area contributed by atoms with Crippen molar-refractivity contribution in [2.75, 3.05) is 11.9 Å². The molecule has 3 heterocycles. The van der Waals surface area contributed by atoms with Crippen molar-refractivity contribution in [2.45, 2.75) is 20.0 Å². The minimum atomic E-state index is -0.249. The topological polar surface area (TPSA) is 85.0 Å². The average Bonchev–Trinajstić information content (AvgIpc) is 3.28. The van der Waals surface area contributed by atoms with Crippen molar-refractivity contribution in [1.82, 2.24) is 19.6 Å². The Labute approximate surface area is 137 Å². The molecule has 0 fully saturated rings. The van der Waals surface area contributed by atoms with Crippen molar-refractivity contribution >= 4 is 23.1 Å². The van der Waals surface area contributed by atoms with Crippen LogP contribution in [0.3, 0.4) is 0 Å². The predicted octanol–water partition coefficient (Wildman–Crippen LogP) is 2.07. The van der Waals surface area contributed by atoms with E-state index in [9.17, 15) is 9.90 Å². The number of aryl methyl sites for hydroxylation is 1. The van der Waals surface area contributed by atoms with Gasteiger partial charge in [-0.1, -0.05) is 6.07 Å². The van der Waals surface area contributed by atoms with E-state index in [2.05, 4.69) is 15.5 Å². The lowest BCUT2D eigenvalue weighted by atomic mass is 10.3. The zero-order valence-corrected chi connectivity index (χ0v) is 13.5. The fourth-order valence-corrected chi connectivity index (χ4v) is 2.85. The summed E-state index contributed by atoms with van der Waals surface area (Å²) in [6.07, 6.45) is 3.23. The third kappa shape index (κ3) is 3.33. The Morgan fingerprint density at radius 2 is 2.35 bits per heavy atom. The molecule has 0 aliphatic carbocycles. The molecule has 0 saturated carbocycles. The number of nitrogens with zero attached hydrogens (tertiary/aromatic N) is 4. The van der Waals surface area contributed by atoms with Gasteiger partial charge in [0.2, 0.25) is 0 Å². The molecular formula is C15H17N5O2S. The number of hydrogen-bond donors (Lipinski definition) is 2. The Morgan fingerprint density at radius 3 is 3.00 bits per heavy atom. The first-order valence-corrected chi connectivity index (χ1v) is 8.15. The van der Waals surface area contributed by atoms with Gasteiger partial charge in [0, 0.05) is 18.8 Å². The summed E-state index contributed by atoms with van der Waals surface area (Å²) in [5, 5.41) is 22.5. The highest BCUT2D eigenvalue weighted by Crippen LogP contribution is 2.26. The number of aliphatic hydroxyl groups excluding tert-OH is 1. The molecular weight excluding hydrogens is 314 g/mol. The number of hydrogen-bond acceptors (Lipinski definition) is 5. The third-order valence-corrected chi connectivity index (χ3v) is 4.22. The fraction of sp³-hybridized carbons (Fsp3) is 0.267. The molecule has 0 aliphatic rings. The Hall–Kier alpha value is -2.45. The first kappa shape index (κ1) is 15.4. The zero-order valence-electron chi connectivity index (χ0n) is 12.6. The minimum Gasteiger partial charge on any atom is -0.394 e. The third-order valence-electron chi connectivity index (χ3n) is 3.33. The smallest absolute Gasteiger partial charge is 0.259 e. The number of amides is 1. The van der Waals surface area contributed by atoms with Gasteiger partial charge in [0.1, 0.15) is 11.5 Å². The molecule has 120 valence electrons. The van der Waals surface area contributed by atoms with Crippen LogP contribution in [0.2, 0.25) is 0 Å². The van der Waals surface area contributed by atoms with Gasteiger partial charge in [0.15, 0.2) is 0 Å². The number of anilines is 1. The molecule has 0 saturated heterocycles. The average molecular weight is 331 g/mol. The summed E-state index contributed by atoms with van der Waals surface area (Å²) in [6, 6.07) is 5.72. The van der Waals surface area contributed by atoms with Crippen LogP contribution in [0.5, 0.6) is 0 Å². The molecule has 0 unspecified atom stereocenters. The van der Waals surface area contributed by atoms with Gasteiger partial charge < -0.3 is 10.4 Å². The number of carbonyl (C=O) groups excluding carboxylic acids is 1. The van der Waals surface area contributed by atoms with Gasteiger partial charge in [-0.2, -0.15) is 10.2 Å². The number of aromatic nitrogens is 4. The molecule has 7 nitrogen and oxygen atoms in total. The van der Waals surface area contributed by atoms with Crippen molar-refractivity contribution in [3.63, 3.8) is 0 Å². The molecule has 23 heavy (non-hydrogen) atoms. The van der Waals surface area contributed by atoms with E-state index in [1.165, 1.54) is 6.20 Å². The van der Waals surface area contributed by atoms with Crippen LogP contribution in [0.25, 0.3) is 10.6 Å². The summed E-state index contributed by atoms with van der Waals surface area (Å²) >= 11 is 1.57. The zero-order chi connectivity index (χ0) is 16.2. The van der Waals surface area contributed by atoms with E-state index in [-0.39, 0.29) is 12.5 Å². The quantitative estimate of drug-likeness (QED) is 0.724. The summed E-state index contributed by atoms with van der Waals surface area (Å²) in [4.78, 5) is 13.3. The largest absolute Gasteiger partial charge is 0.394 e. The first-order chi connectivity index (χ1) is 11.2. The number of carbonyl (C=O) groups is 1. The SMILES string of the molecule is CCn1cc(C(=O)Nc2cc(-c3cccs3)nn2CCO)cn1. The molecule has 0 atom stereocenters. The van der Waals surface area contributed by atoms with E-state index in [0.717, 1.165) is 10.6 Å². The highest BCUT2D eigenvalue weighted by Gasteiger charge is 2.15. The van der Waals surface area contributed by atoms with E-state index in [1.807, 2.05) is 30.5 Å². The summed E-state index contributed by atoms with van der Waals surface area (Å²) in [7, 11) is 0. The highest BCUT2D eigenvalue weighted by atomic mass is 32.1. The maximum Gasteiger partial charge on any atom is 0.259 e. The van der Waals surface area contributed by atoms with Crippen molar-refractivity contribution < 1.29 is 9.90 Å². The second-order valence-electron chi connectivity index (χ2n) is 4.88. The van der Waals surface area contributed by atoms with E-state index < -0.39 is 0 Å². The Balaban J connectivity index is 1.84. The molecule has 0 radical (unpaired) electrons. The molecule has 1 amide bonds. The molecule has 3 aromatic rings. The number of rotatable bonds is 6. The molecule has 0 bridgehead atoms. The minimum absolute atomic E-state index is 0.0534. The molecule has 3 aromatic heterocycles. The fourth-order valence-electron chi connectivity index (χ4n) is 2.17. The van der Waals surface area contributed by atoms with E-state index in [0.29, 0.717) is 24.5 Å². The van der Waals surface area contributed by atoms with Crippen molar-refractivity contribution in [3.8, 4) is 10.6 Å². The standard InChI is InChI=1S/C15H17N5O2S/c1-2-19-10-11(9-16-19)15(22)17-14-8-12(13-4-3-7-23-13)18-20(14)5-6-21/h3-4,7-10,21H,2,5-6H2,1H3,(H,17,22). The molecule has 2 N–H and O–H groups in total. The Bertz CT molecular complexity index is 791. The van der Waals surface area contributed by atoms with Crippen LogP contribution in [-0.4, -0.2) is 37.2 Å². The van der Waals surface area contributed by atoms with Gasteiger partial charge in [-0.05, 0) is 18.4 Å².